The Labute approximate surface area is 407 Å². The maximum absolute atomic E-state index is 15.1. The van der Waals surface area contributed by atoms with Gasteiger partial charge in [-0.15, -0.1) is 0 Å². The Bertz CT molecular complexity index is 2480. The number of hydrogen-bond acceptors (Lipinski definition) is 10. The largest absolute Gasteiger partial charge is 0.508 e. The maximum Gasteiger partial charge on any atom is 0.305 e. The molecule has 3 aliphatic rings. The molecule has 2 aliphatic heterocycles. The first-order valence-corrected chi connectivity index (χ1v) is 25.1. The quantitative estimate of drug-likeness (QED) is 0.0919. The number of amides is 4. The lowest BCUT2D eigenvalue weighted by Crippen LogP contribution is -2.60. The number of likely N-dealkylation sites (N-methyl/N-ethyl adjacent to an activating group) is 1. The van der Waals surface area contributed by atoms with E-state index in [1.54, 1.807) is 35.2 Å². The Hall–Kier alpha value is -5.80. The number of carbonyl (C=O) groups is 5. The number of nitrogens with zero attached hydrogens (tertiary/aromatic N) is 5. The lowest BCUT2D eigenvalue weighted by molar-refractivity contribution is -0.147. The normalized spacial score (nSPS) is 20.1. The molecule has 15 heteroatoms. The van der Waals surface area contributed by atoms with Crippen LogP contribution in [0.2, 0.25) is 0 Å². The summed E-state index contributed by atoms with van der Waals surface area (Å²) in [5, 5.41) is 17.2. The lowest BCUT2D eigenvalue weighted by atomic mass is 9.84. The molecule has 4 heterocycles. The molecule has 2 aromatic carbocycles. The topological polar surface area (TPSA) is 176 Å². The number of esters is 1. The first kappa shape index (κ1) is 51.1. The number of phenolic OH excluding ortho intramolecular Hbond substituents is 1. The molecule has 1 aliphatic carbocycles. The summed E-state index contributed by atoms with van der Waals surface area (Å²) in [5.41, 5.74) is 9.92. The van der Waals surface area contributed by atoms with Crippen LogP contribution in [0, 0.1) is 17.3 Å². The summed E-state index contributed by atoms with van der Waals surface area (Å²) in [6.45, 7) is 14.6. The van der Waals surface area contributed by atoms with Crippen molar-refractivity contribution in [3.8, 4) is 28.1 Å². The van der Waals surface area contributed by atoms with E-state index in [9.17, 15) is 19.5 Å². The van der Waals surface area contributed by atoms with E-state index in [1.165, 1.54) is 5.01 Å². The third-order valence-corrected chi connectivity index (χ3v) is 14.0. The van der Waals surface area contributed by atoms with Gasteiger partial charge in [-0.1, -0.05) is 38.8 Å². The molecule has 3 N–H and O–H groups in total. The number of rotatable bonds is 13. The fourth-order valence-corrected chi connectivity index (χ4v) is 10.8. The molecular weight excluding hydrogens is 875 g/mol. The number of hydrazine groups is 1. The molecule has 4 aromatic rings. The van der Waals surface area contributed by atoms with Gasteiger partial charge in [0, 0.05) is 86.8 Å². The Morgan fingerprint density at radius 2 is 1.80 bits per heavy atom. The molecule has 2 fully saturated rings. The second kappa shape index (κ2) is 22.7. The highest BCUT2D eigenvalue weighted by atomic mass is 16.5. The number of phenols is 1. The van der Waals surface area contributed by atoms with Gasteiger partial charge in [0.1, 0.15) is 17.8 Å². The Kier molecular flexibility index (Phi) is 16.8. The van der Waals surface area contributed by atoms with Crippen LogP contribution >= 0.6 is 0 Å². The fraction of sp³-hybridized carbons (Fsp3) is 0.556. The second-order valence-corrected chi connectivity index (χ2v) is 20.3. The van der Waals surface area contributed by atoms with Crippen molar-refractivity contribution < 1.29 is 38.6 Å². The summed E-state index contributed by atoms with van der Waals surface area (Å²) in [6, 6.07) is 13.6. The van der Waals surface area contributed by atoms with Crippen LogP contribution in [0.3, 0.4) is 0 Å². The van der Waals surface area contributed by atoms with Gasteiger partial charge in [-0.2, -0.15) is 0 Å². The number of benzene rings is 2. The number of fused-ring (bicyclic) bond motifs is 4. The maximum atomic E-state index is 15.1. The minimum atomic E-state index is -1.10. The van der Waals surface area contributed by atoms with Crippen LogP contribution in [0.5, 0.6) is 5.75 Å². The number of pyridine rings is 1. The van der Waals surface area contributed by atoms with Crippen LogP contribution in [0.1, 0.15) is 110 Å². The molecule has 0 radical (unpaired) electrons. The molecule has 4 amide bonds. The van der Waals surface area contributed by atoms with Crippen LogP contribution < -0.4 is 10.7 Å². The molecule has 1 saturated heterocycles. The molecule has 7 rings (SSSR count). The molecular formula is C54H73N7O8. The number of carbonyl (C=O) groups excluding carboxylic acids is 5. The van der Waals surface area contributed by atoms with Crippen molar-refractivity contribution in [2.45, 2.75) is 137 Å². The molecule has 2 aromatic heterocycles. The zero-order chi connectivity index (χ0) is 49.4. The van der Waals surface area contributed by atoms with Gasteiger partial charge in [-0.05, 0) is 131 Å². The van der Waals surface area contributed by atoms with Crippen molar-refractivity contribution in [3.63, 3.8) is 0 Å². The number of aryl methyl sites for hydroxylation is 1. The average Bonchev–Trinajstić information content (AvgIpc) is 4.10. The zero-order valence-corrected chi connectivity index (χ0v) is 41.7. The third kappa shape index (κ3) is 12.0. The van der Waals surface area contributed by atoms with E-state index < -0.39 is 29.3 Å². The van der Waals surface area contributed by atoms with E-state index >= 15 is 9.59 Å². The third-order valence-electron chi connectivity index (χ3n) is 14.0. The van der Waals surface area contributed by atoms with Gasteiger partial charge >= 0.3 is 5.97 Å². The highest BCUT2D eigenvalue weighted by Gasteiger charge is 2.42. The smallest absolute Gasteiger partial charge is 0.305 e. The van der Waals surface area contributed by atoms with E-state index in [0.29, 0.717) is 64.0 Å². The standard InChI is InChI=1S/C54H73N7O8/c1-8-59-47-20-19-38-29-43(47)44(50(59)42-17-14-22-55-46(42)32-68-7)30-54(5,6)33-69-48(64)18-12-13-23-61(57-35(3)4)53(67)45(27-36-25-40(38)28-41(63)26-36)56-51(65)49(37-15-10-11-16-37)60(9-2)52(66)39-21-24-58(31-39)34-62/h14,17,19-20,22,25-26,28-29,34-35,37,39,45,49,57,63H,8-13,15-16,18,21,23-24,27,30-33H2,1-7H3,(H,56,65). The van der Waals surface area contributed by atoms with Crippen LogP contribution in [0.4, 0.5) is 0 Å². The number of cyclic esters (lactones) is 1. The van der Waals surface area contributed by atoms with Crippen LogP contribution in [0.25, 0.3) is 33.3 Å². The van der Waals surface area contributed by atoms with Gasteiger partial charge in [0.05, 0.1) is 30.5 Å². The van der Waals surface area contributed by atoms with Gasteiger partial charge in [0.25, 0.3) is 5.91 Å². The first-order valence-electron chi connectivity index (χ1n) is 25.1. The van der Waals surface area contributed by atoms with Crippen LogP contribution in [-0.4, -0.2) is 118 Å². The highest BCUT2D eigenvalue weighted by Crippen LogP contribution is 2.41. The van der Waals surface area contributed by atoms with E-state index in [1.807, 2.05) is 39.0 Å². The van der Waals surface area contributed by atoms with E-state index in [-0.39, 0.29) is 61.5 Å². The molecule has 3 atom stereocenters. The number of ether oxygens (including phenoxy) is 2. The monoisotopic (exact) mass is 948 g/mol. The van der Waals surface area contributed by atoms with Crippen molar-refractivity contribution in [3.05, 3.63) is 71.5 Å². The average molecular weight is 948 g/mol. The summed E-state index contributed by atoms with van der Waals surface area (Å²) in [7, 11) is 1.66. The number of likely N-dealkylation sites (tertiary alicyclic amines) is 1. The summed E-state index contributed by atoms with van der Waals surface area (Å²) >= 11 is 0. The fourth-order valence-electron chi connectivity index (χ4n) is 10.8. The van der Waals surface area contributed by atoms with E-state index in [2.05, 4.69) is 54.3 Å². The predicted octanol–water partition coefficient (Wildman–Crippen LogP) is 7.19. The molecule has 372 valence electrons. The Balaban J connectivity index is 1.33. The first-order chi connectivity index (χ1) is 33.1. The van der Waals surface area contributed by atoms with Crippen LogP contribution in [0.15, 0.2) is 54.7 Å². The SMILES string of the molecule is CCN(C(=O)C1CCN(C=O)C1)C(C(=O)NC1Cc2cc(O)cc(c2)-c2ccc3c(c2)c(c(-c2cccnc2COC)n3CC)CC(C)(C)COC(=O)CCCCN(NC(C)C)C1=O)C1CCCC1. The van der Waals surface area contributed by atoms with Crippen LogP contribution in [-0.2, 0) is 59.4 Å². The lowest BCUT2D eigenvalue weighted by Gasteiger charge is -2.37. The number of aromatic nitrogens is 2. The molecule has 15 nitrogen and oxygen atoms in total. The van der Waals surface area contributed by atoms with E-state index in [4.69, 9.17) is 14.5 Å². The van der Waals surface area contributed by atoms with Crippen molar-refractivity contribution in [1.82, 2.24) is 35.1 Å². The number of aromatic hydroxyl groups is 1. The summed E-state index contributed by atoms with van der Waals surface area (Å²) in [6.07, 6.45) is 8.23. The highest BCUT2D eigenvalue weighted by molar-refractivity contribution is 5.96. The van der Waals surface area contributed by atoms with Crippen molar-refractivity contribution in [1.29, 1.82) is 0 Å². The van der Waals surface area contributed by atoms with Gasteiger partial charge < -0.3 is 34.3 Å². The van der Waals surface area contributed by atoms with Crippen molar-refractivity contribution >= 4 is 41.0 Å². The molecule has 3 unspecified atom stereocenters. The summed E-state index contributed by atoms with van der Waals surface area (Å²) < 4.78 is 13.9. The summed E-state index contributed by atoms with van der Waals surface area (Å²) in [5.74, 6) is -1.74. The van der Waals surface area contributed by atoms with Crippen molar-refractivity contribution in [2.75, 3.05) is 39.9 Å². The van der Waals surface area contributed by atoms with Gasteiger partial charge in [0.2, 0.25) is 18.2 Å². The Morgan fingerprint density at radius 3 is 2.49 bits per heavy atom. The minimum Gasteiger partial charge on any atom is -0.508 e. The molecule has 0 spiro atoms. The van der Waals surface area contributed by atoms with Gasteiger partial charge in [0.15, 0.2) is 0 Å². The van der Waals surface area contributed by atoms with Gasteiger partial charge in [-0.25, -0.2) is 5.43 Å². The van der Waals surface area contributed by atoms with E-state index in [0.717, 1.165) is 76.6 Å². The van der Waals surface area contributed by atoms with Gasteiger partial charge in [-0.3, -0.25) is 34.0 Å². The Morgan fingerprint density at radius 1 is 1.01 bits per heavy atom. The zero-order valence-electron chi connectivity index (χ0n) is 41.7. The molecule has 1 saturated carbocycles. The number of methoxy groups -OCH3 is 1. The second-order valence-electron chi connectivity index (χ2n) is 20.3. The number of hydrogen-bond donors (Lipinski definition) is 3. The molecule has 4 bridgehead atoms. The number of nitrogens with one attached hydrogen (secondary N) is 2. The predicted molar refractivity (Wildman–Crippen MR) is 265 cm³/mol. The molecule has 69 heavy (non-hydrogen) atoms. The minimum absolute atomic E-state index is 0.0153. The van der Waals surface area contributed by atoms with Crippen molar-refractivity contribution in [2.24, 2.45) is 17.3 Å². The summed E-state index contributed by atoms with van der Waals surface area (Å²) in [4.78, 5) is 77.4.